The summed E-state index contributed by atoms with van der Waals surface area (Å²) >= 11 is 0. The second-order valence-corrected chi connectivity index (χ2v) is 7.95. The summed E-state index contributed by atoms with van der Waals surface area (Å²) in [4.78, 5) is 17.3. The lowest BCUT2D eigenvalue weighted by atomic mass is 10.1. The normalized spacial score (nSPS) is 20.6. The number of piperidine rings is 1. The number of amides is 1. The lowest BCUT2D eigenvalue weighted by Gasteiger charge is -2.36. The van der Waals surface area contributed by atoms with Gasteiger partial charge in [-0.2, -0.15) is 5.10 Å². The molecule has 1 amide bonds. The van der Waals surface area contributed by atoms with Gasteiger partial charge in [0.15, 0.2) is 0 Å². The van der Waals surface area contributed by atoms with Gasteiger partial charge in [-0.05, 0) is 50.6 Å². The van der Waals surface area contributed by atoms with Crippen LogP contribution in [0.3, 0.4) is 0 Å². The molecule has 3 heterocycles. The highest BCUT2D eigenvalue weighted by Gasteiger charge is 2.18. The SMILES string of the molecule is O=C(NCCCN1CCN(c2ccccc2)CC1)c1ccn(C2CCCNC2)n1. The van der Waals surface area contributed by atoms with E-state index in [1.165, 1.54) is 5.69 Å². The van der Waals surface area contributed by atoms with Crippen LogP contribution in [0.5, 0.6) is 0 Å². The van der Waals surface area contributed by atoms with Crippen molar-refractivity contribution >= 4 is 11.6 Å². The van der Waals surface area contributed by atoms with E-state index in [0.717, 1.165) is 65.1 Å². The molecule has 156 valence electrons. The lowest BCUT2D eigenvalue weighted by molar-refractivity contribution is 0.0945. The Balaban J connectivity index is 1.14. The van der Waals surface area contributed by atoms with Crippen LogP contribution in [0.2, 0.25) is 0 Å². The molecule has 7 nitrogen and oxygen atoms in total. The molecule has 2 saturated heterocycles. The molecule has 0 spiro atoms. The van der Waals surface area contributed by atoms with E-state index < -0.39 is 0 Å². The van der Waals surface area contributed by atoms with Crippen LogP contribution in [-0.4, -0.2) is 72.9 Å². The van der Waals surface area contributed by atoms with Crippen LogP contribution in [-0.2, 0) is 0 Å². The molecule has 1 aromatic heterocycles. The maximum absolute atomic E-state index is 12.4. The molecule has 1 atom stereocenters. The molecule has 2 aliphatic rings. The van der Waals surface area contributed by atoms with Crippen molar-refractivity contribution in [1.29, 1.82) is 0 Å². The molecule has 0 radical (unpaired) electrons. The van der Waals surface area contributed by atoms with E-state index in [9.17, 15) is 4.79 Å². The number of anilines is 1. The van der Waals surface area contributed by atoms with Crippen molar-refractivity contribution in [1.82, 2.24) is 25.3 Å². The number of nitrogens with zero attached hydrogens (tertiary/aromatic N) is 4. The van der Waals surface area contributed by atoms with Gasteiger partial charge in [0.05, 0.1) is 6.04 Å². The summed E-state index contributed by atoms with van der Waals surface area (Å²) in [5.41, 5.74) is 1.83. The maximum atomic E-state index is 12.4. The minimum absolute atomic E-state index is 0.0681. The molecule has 0 aliphatic carbocycles. The van der Waals surface area contributed by atoms with Crippen molar-refractivity contribution in [3.8, 4) is 0 Å². The van der Waals surface area contributed by atoms with Crippen molar-refractivity contribution in [2.24, 2.45) is 0 Å². The Morgan fingerprint density at radius 1 is 1.14 bits per heavy atom. The number of hydrogen-bond donors (Lipinski definition) is 2. The highest BCUT2D eigenvalue weighted by atomic mass is 16.1. The number of nitrogens with one attached hydrogen (secondary N) is 2. The Labute approximate surface area is 173 Å². The van der Waals surface area contributed by atoms with Gasteiger partial charge in [-0.3, -0.25) is 14.4 Å². The molecule has 0 bridgehead atoms. The van der Waals surface area contributed by atoms with Gasteiger partial charge in [0.1, 0.15) is 5.69 Å². The Hall–Kier alpha value is -2.38. The number of aromatic nitrogens is 2. The van der Waals surface area contributed by atoms with E-state index in [1.54, 1.807) is 0 Å². The average Bonchev–Trinajstić information content (AvgIpc) is 3.29. The fraction of sp³-hybridized carbons (Fsp3) is 0.545. The van der Waals surface area contributed by atoms with Gasteiger partial charge in [0.2, 0.25) is 0 Å². The molecule has 2 aromatic rings. The molecule has 4 rings (SSSR count). The number of benzene rings is 1. The van der Waals surface area contributed by atoms with E-state index in [0.29, 0.717) is 18.3 Å². The van der Waals surface area contributed by atoms with E-state index in [-0.39, 0.29) is 5.91 Å². The second kappa shape index (κ2) is 9.89. The Morgan fingerprint density at radius 2 is 1.97 bits per heavy atom. The number of rotatable bonds is 7. The Bertz CT molecular complexity index is 763. The van der Waals surface area contributed by atoms with Crippen LogP contribution in [0.25, 0.3) is 0 Å². The zero-order valence-corrected chi connectivity index (χ0v) is 17.1. The zero-order chi connectivity index (χ0) is 19.9. The van der Waals surface area contributed by atoms with Crippen LogP contribution in [0.15, 0.2) is 42.6 Å². The highest BCUT2D eigenvalue weighted by Crippen LogP contribution is 2.16. The van der Waals surface area contributed by atoms with Crippen molar-refractivity contribution in [2.45, 2.75) is 25.3 Å². The van der Waals surface area contributed by atoms with Crippen molar-refractivity contribution in [3.05, 3.63) is 48.3 Å². The molecular formula is C22H32N6O. The van der Waals surface area contributed by atoms with E-state index in [2.05, 4.69) is 55.9 Å². The van der Waals surface area contributed by atoms with E-state index in [1.807, 2.05) is 16.9 Å². The van der Waals surface area contributed by atoms with E-state index in [4.69, 9.17) is 0 Å². The summed E-state index contributed by atoms with van der Waals surface area (Å²) in [6.07, 6.45) is 5.17. The lowest BCUT2D eigenvalue weighted by Crippen LogP contribution is -2.47. The largest absolute Gasteiger partial charge is 0.369 e. The van der Waals surface area contributed by atoms with Gasteiger partial charge in [-0.25, -0.2) is 0 Å². The summed E-state index contributed by atoms with van der Waals surface area (Å²) in [7, 11) is 0. The van der Waals surface area contributed by atoms with Crippen LogP contribution in [0.4, 0.5) is 5.69 Å². The third-order valence-corrected chi connectivity index (χ3v) is 5.92. The molecule has 1 aromatic carbocycles. The quantitative estimate of drug-likeness (QED) is 0.698. The number of hydrogen-bond acceptors (Lipinski definition) is 5. The fourth-order valence-corrected chi connectivity index (χ4v) is 4.19. The van der Waals surface area contributed by atoms with Crippen LogP contribution >= 0.6 is 0 Å². The summed E-state index contributed by atoms with van der Waals surface area (Å²) in [5, 5.41) is 10.9. The first-order chi connectivity index (χ1) is 14.3. The molecule has 2 aliphatic heterocycles. The number of para-hydroxylation sites is 1. The number of carbonyl (C=O) groups is 1. The smallest absolute Gasteiger partial charge is 0.271 e. The summed E-state index contributed by atoms with van der Waals surface area (Å²) < 4.78 is 1.94. The maximum Gasteiger partial charge on any atom is 0.271 e. The van der Waals surface area contributed by atoms with Gasteiger partial charge in [-0.1, -0.05) is 18.2 Å². The van der Waals surface area contributed by atoms with Crippen LogP contribution in [0, 0.1) is 0 Å². The first-order valence-corrected chi connectivity index (χ1v) is 10.9. The second-order valence-electron chi connectivity index (χ2n) is 7.95. The number of piperazine rings is 1. The molecule has 1 unspecified atom stereocenters. The zero-order valence-electron chi connectivity index (χ0n) is 17.1. The third kappa shape index (κ3) is 5.36. The molecule has 2 fully saturated rings. The first-order valence-electron chi connectivity index (χ1n) is 10.9. The van der Waals surface area contributed by atoms with Gasteiger partial charge in [-0.15, -0.1) is 0 Å². The fourth-order valence-electron chi connectivity index (χ4n) is 4.19. The predicted octanol–water partition coefficient (Wildman–Crippen LogP) is 1.75. The Morgan fingerprint density at radius 3 is 2.72 bits per heavy atom. The van der Waals surface area contributed by atoms with Gasteiger partial charge >= 0.3 is 0 Å². The molecular weight excluding hydrogens is 364 g/mol. The molecule has 2 N–H and O–H groups in total. The van der Waals surface area contributed by atoms with Crippen molar-refractivity contribution in [2.75, 3.05) is 57.3 Å². The van der Waals surface area contributed by atoms with Crippen LogP contribution < -0.4 is 15.5 Å². The standard InChI is InChI=1S/C22H32N6O/c29-22(21-9-13-28(25-21)20-8-4-10-23-18-20)24-11-5-12-26-14-16-27(17-15-26)19-6-2-1-3-7-19/h1-3,6-7,9,13,20,23H,4-5,8,10-12,14-18H2,(H,24,29). The first kappa shape index (κ1) is 19.9. The summed E-state index contributed by atoms with van der Waals surface area (Å²) in [6.45, 7) is 7.98. The predicted molar refractivity (Wildman–Crippen MR) is 115 cm³/mol. The van der Waals surface area contributed by atoms with Crippen molar-refractivity contribution < 1.29 is 4.79 Å². The minimum Gasteiger partial charge on any atom is -0.369 e. The molecule has 7 heteroatoms. The third-order valence-electron chi connectivity index (χ3n) is 5.92. The van der Waals surface area contributed by atoms with E-state index >= 15 is 0 Å². The molecule has 29 heavy (non-hydrogen) atoms. The van der Waals surface area contributed by atoms with Crippen molar-refractivity contribution in [3.63, 3.8) is 0 Å². The minimum atomic E-state index is -0.0681. The summed E-state index contributed by atoms with van der Waals surface area (Å²) in [5.74, 6) is -0.0681. The van der Waals surface area contributed by atoms with Crippen LogP contribution in [0.1, 0.15) is 35.8 Å². The van der Waals surface area contributed by atoms with Gasteiger partial charge in [0, 0.05) is 51.2 Å². The van der Waals surface area contributed by atoms with Gasteiger partial charge < -0.3 is 15.5 Å². The molecule has 0 saturated carbocycles. The highest BCUT2D eigenvalue weighted by molar-refractivity contribution is 5.92. The topological polar surface area (TPSA) is 65.4 Å². The average molecular weight is 397 g/mol. The number of carbonyl (C=O) groups excluding carboxylic acids is 1. The summed E-state index contributed by atoms with van der Waals surface area (Å²) in [6, 6.07) is 12.8. The van der Waals surface area contributed by atoms with Gasteiger partial charge in [0.25, 0.3) is 5.91 Å². The monoisotopic (exact) mass is 396 g/mol. The Kier molecular flexibility index (Phi) is 6.79.